The molecule has 1 N–H and O–H groups in total. The molecule has 0 radical (unpaired) electrons. The molecular weight excluding hydrogens is 270 g/mol. The summed E-state index contributed by atoms with van der Waals surface area (Å²) >= 11 is 1.68. The molecule has 0 amide bonds. The number of nitrogens with zero attached hydrogens (tertiary/aromatic N) is 1. The number of aromatic nitrogens is 1. The summed E-state index contributed by atoms with van der Waals surface area (Å²) in [4.78, 5) is 10.8. The van der Waals surface area contributed by atoms with Gasteiger partial charge in [0, 0.05) is 17.8 Å². The van der Waals surface area contributed by atoms with Gasteiger partial charge in [-0.15, -0.1) is 0 Å². The van der Waals surface area contributed by atoms with Crippen molar-refractivity contribution in [3.05, 3.63) is 76.2 Å². The monoisotopic (exact) mass is 283 g/mol. The molecule has 0 atom stereocenters. The largest absolute Gasteiger partial charge is 0.478 e. The van der Waals surface area contributed by atoms with Crippen LogP contribution < -0.4 is 0 Å². The maximum absolute atomic E-state index is 10.8. The fraction of sp³-hybridized carbons (Fsp3) is 0.0625. The fourth-order valence-electron chi connectivity index (χ4n) is 2.11. The predicted molar refractivity (Wildman–Crippen MR) is 79.9 cm³/mol. The van der Waals surface area contributed by atoms with E-state index in [4.69, 9.17) is 5.11 Å². The van der Waals surface area contributed by atoms with Crippen LogP contribution in [0.1, 0.15) is 21.5 Å². The van der Waals surface area contributed by atoms with E-state index >= 15 is 0 Å². The van der Waals surface area contributed by atoms with E-state index in [-0.39, 0.29) is 0 Å². The molecular formula is C16H13NO2S. The minimum absolute atomic E-state index is 0.324. The van der Waals surface area contributed by atoms with Gasteiger partial charge >= 0.3 is 5.97 Å². The quantitative estimate of drug-likeness (QED) is 0.790. The van der Waals surface area contributed by atoms with Crippen molar-refractivity contribution in [2.24, 2.45) is 0 Å². The number of hydrogen-bond acceptors (Lipinski definition) is 2. The van der Waals surface area contributed by atoms with E-state index in [1.54, 1.807) is 23.5 Å². The summed E-state index contributed by atoms with van der Waals surface area (Å²) in [5.74, 6) is -0.889. The first-order chi connectivity index (χ1) is 9.72. The molecule has 100 valence electrons. The minimum atomic E-state index is -0.889. The smallest absolute Gasteiger partial charge is 0.335 e. The summed E-state index contributed by atoms with van der Waals surface area (Å²) in [6.45, 7) is 0. The van der Waals surface area contributed by atoms with Gasteiger partial charge in [-0.25, -0.2) is 4.79 Å². The molecule has 3 aromatic rings. The van der Waals surface area contributed by atoms with Crippen molar-refractivity contribution in [3.8, 4) is 5.69 Å². The van der Waals surface area contributed by atoms with Crippen molar-refractivity contribution in [1.82, 2.24) is 4.57 Å². The zero-order chi connectivity index (χ0) is 13.9. The van der Waals surface area contributed by atoms with Gasteiger partial charge in [0.25, 0.3) is 0 Å². The highest BCUT2D eigenvalue weighted by Crippen LogP contribution is 2.16. The predicted octanol–water partition coefficient (Wildman–Crippen LogP) is 3.83. The van der Waals surface area contributed by atoms with Crippen LogP contribution in [0.2, 0.25) is 0 Å². The summed E-state index contributed by atoms with van der Waals surface area (Å²) in [6.07, 6.45) is 4.95. The summed E-state index contributed by atoms with van der Waals surface area (Å²) in [5.41, 5.74) is 3.81. The lowest BCUT2D eigenvalue weighted by Crippen LogP contribution is -1.96. The van der Waals surface area contributed by atoms with Crippen molar-refractivity contribution in [2.45, 2.75) is 6.42 Å². The zero-order valence-corrected chi connectivity index (χ0v) is 11.5. The Balaban J connectivity index is 1.76. The van der Waals surface area contributed by atoms with Gasteiger partial charge in [-0.2, -0.15) is 11.3 Å². The molecule has 0 fully saturated rings. The Morgan fingerprint density at radius 1 is 1.10 bits per heavy atom. The summed E-state index contributed by atoms with van der Waals surface area (Å²) in [6, 6.07) is 11.2. The lowest BCUT2D eigenvalue weighted by molar-refractivity contribution is 0.0697. The van der Waals surface area contributed by atoms with Gasteiger partial charge < -0.3 is 9.67 Å². The lowest BCUT2D eigenvalue weighted by Gasteiger charge is -2.01. The second-order valence-electron chi connectivity index (χ2n) is 4.59. The van der Waals surface area contributed by atoms with Crippen molar-refractivity contribution in [1.29, 1.82) is 0 Å². The number of rotatable bonds is 4. The van der Waals surface area contributed by atoms with Crippen molar-refractivity contribution in [3.63, 3.8) is 0 Å². The molecule has 0 aliphatic heterocycles. The number of carboxylic acids is 1. The van der Waals surface area contributed by atoms with E-state index in [2.05, 4.69) is 33.7 Å². The molecule has 1 aromatic carbocycles. The molecule has 0 bridgehead atoms. The Hall–Kier alpha value is -2.33. The number of aromatic carboxylic acids is 1. The molecule has 3 rings (SSSR count). The van der Waals surface area contributed by atoms with Crippen LogP contribution >= 0.6 is 11.3 Å². The van der Waals surface area contributed by atoms with E-state index in [9.17, 15) is 4.79 Å². The molecule has 0 saturated heterocycles. The van der Waals surface area contributed by atoms with Crippen LogP contribution in [0, 0.1) is 0 Å². The van der Waals surface area contributed by atoms with Gasteiger partial charge in [-0.1, -0.05) is 12.1 Å². The van der Waals surface area contributed by atoms with E-state index in [1.807, 2.05) is 18.3 Å². The van der Waals surface area contributed by atoms with E-state index in [0.717, 1.165) is 12.0 Å². The Morgan fingerprint density at radius 3 is 2.55 bits per heavy atom. The topological polar surface area (TPSA) is 42.2 Å². The normalized spacial score (nSPS) is 10.6. The molecule has 0 aliphatic carbocycles. The second-order valence-corrected chi connectivity index (χ2v) is 5.37. The number of hydrogen-bond donors (Lipinski definition) is 1. The van der Waals surface area contributed by atoms with Crippen LogP contribution in [0.25, 0.3) is 5.69 Å². The molecule has 2 heterocycles. The maximum atomic E-state index is 10.8. The van der Waals surface area contributed by atoms with Crippen LogP contribution in [0.5, 0.6) is 0 Å². The Morgan fingerprint density at radius 2 is 1.90 bits per heavy atom. The van der Waals surface area contributed by atoms with Gasteiger partial charge in [0.15, 0.2) is 0 Å². The third-order valence-corrected chi connectivity index (χ3v) is 3.84. The first kappa shape index (κ1) is 12.7. The third kappa shape index (κ3) is 2.65. The first-order valence-electron chi connectivity index (χ1n) is 6.24. The Kier molecular flexibility index (Phi) is 3.39. The van der Waals surface area contributed by atoms with Crippen molar-refractivity contribution in [2.75, 3.05) is 0 Å². The fourth-order valence-corrected chi connectivity index (χ4v) is 2.75. The average molecular weight is 283 g/mol. The number of carbonyl (C=O) groups is 1. The number of benzene rings is 1. The van der Waals surface area contributed by atoms with Gasteiger partial charge in [0.05, 0.1) is 11.3 Å². The highest BCUT2D eigenvalue weighted by Gasteiger charge is 2.04. The molecule has 20 heavy (non-hydrogen) atoms. The standard InChI is InChI=1S/C16H13NO2S/c18-16(19)14-3-1-12(2-4-14)9-13-5-7-17(10-13)15-6-8-20-11-15/h1-8,10-11H,9H2,(H,18,19). The third-order valence-electron chi connectivity index (χ3n) is 3.17. The average Bonchev–Trinajstić information content (AvgIpc) is 3.09. The van der Waals surface area contributed by atoms with Crippen LogP contribution in [0.15, 0.2) is 59.6 Å². The van der Waals surface area contributed by atoms with Crippen LogP contribution in [-0.2, 0) is 6.42 Å². The second kappa shape index (κ2) is 5.35. The Labute approximate surface area is 120 Å². The summed E-state index contributed by atoms with van der Waals surface area (Å²) < 4.78 is 2.09. The molecule has 0 aliphatic rings. The number of carboxylic acid groups (broad SMARTS) is 1. The summed E-state index contributed by atoms with van der Waals surface area (Å²) in [5, 5.41) is 13.0. The number of thiophene rings is 1. The van der Waals surface area contributed by atoms with Crippen molar-refractivity contribution >= 4 is 17.3 Å². The highest BCUT2D eigenvalue weighted by molar-refractivity contribution is 7.08. The van der Waals surface area contributed by atoms with Crippen LogP contribution in [0.4, 0.5) is 0 Å². The highest BCUT2D eigenvalue weighted by atomic mass is 32.1. The van der Waals surface area contributed by atoms with E-state index < -0.39 is 5.97 Å². The van der Waals surface area contributed by atoms with Gasteiger partial charge in [-0.3, -0.25) is 0 Å². The van der Waals surface area contributed by atoms with Gasteiger partial charge in [0.1, 0.15) is 0 Å². The summed E-state index contributed by atoms with van der Waals surface area (Å²) in [7, 11) is 0. The molecule has 3 nitrogen and oxygen atoms in total. The zero-order valence-electron chi connectivity index (χ0n) is 10.7. The molecule has 4 heteroatoms. The van der Waals surface area contributed by atoms with E-state index in [1.165, 1.54) is 11.3 Å². The molecule has 2 aromatic heterocycles. The SMILES string of the molecule is O=C(O)c1ccc(Cc2ccn(-c3ccsc3)c2)cc1. The molecule has 0 spiro atoms. The van der Waals surface area contributed by atoms with Crippen molar-refractivity contribution < 1.29 is 9.90 Å². The van der Waals surface area contributed by atoms with Gasteiger partial charge in [-0.05, 0) is 47.2 Å². The maximum Gasteiger partial charge on any atom is 0.335 e. The Bertz CT molecular complexity index is 711. The van der Waals surface area contributed by atoms with E-state index in [0.29, 0.717) is 5.56 Å². The molecule has 0 saturated carbocycles. The van der Waals surface area contributed by atoms with Crippen LogP contribution in [-0.4, -0.2) is 15.6 Å². The van der Waals surface area contributed by atoms with Crippen LogP contribution in [0.3, 0.4) is 0 Å². The van der Waals surface area contributed by atoms with Gasteiger partial charge in [0.2, 0.25) is 0 Å². The minimum Gasteiger partial charge on any atom is -0.478 e. The lowest BCUT2D eigenvalue weighted by atomic mass is 10.1. The first-order valence-corrected chi connectivity index (χ1v) is 7.18. The molecule has 0 unspecified atom stereocenters.